The highest BCUT2D eigenvalue weighted by Crippen LogP contribution is 2.19. The summed E-state index contributed by atoms with van der Waals surface area (Å²) in [5, 5.41) is 16.5. The fourth-order valence-corrected chi connectivity index (χ4v) is 2.21. The van der Waals surface area contributed by atoms with Gasteiger partial charge in [0.05, 0.1) is 10.5 Å². The van der Waals surface area contributed by atoms with Crippen LogP contribution < -0.4 is 10.6 Å². The number of anilines is 1. The molecule has 0 radical (unpaired) electrons. The highest BCUT2D eigenvalue weighted by Gasteiger charge is 2.19. The molecule has 1 unspecified atom stereocenters. The first-order valence-electron chi connectivity index (χ1n) is 6.17. The number of nitro groups is 1. The molecule has 0 bridgehead atoms. The van der Waals surface area contributed by atoms with E-state index in [-0.39, 0.29) is 23.2 Å². The minimum absolute atomic E-state index is 0.0220. The maximum atomic E-state index is 12.2. The molecule has 110 valence electrons. The fourth-order valence-electron chi connectivity index (χ4n) is 1.63. The third kappa shape index (κ3) is 4.37. The number of carbonyl (C=O) groups excluding carboxylic acids is 1. The van der Waals surface area contributed by atoms with Gasteiger partial charge in [0.15, 0.2) is 0 Å². The van der Waals surface area contributed by atoms with Crippen LogP contribution in [-0.2, 0) is 0 Å². The van der Waals surface area contributed by atoms with Gasteiger partial charge in [-0.1, -0.05) is 0 Å². The van der Waals surface area contributed by atoms with E-state index in [1.165, 1.54) is 6.07 Å². The summed E-state index contributed by atoms with van der Waals surface area (Å²) in [6, 6.07) is 1.22. The van der Waals surface area contributed by atoms with Crippen molar-refractivity contribution in [1.82, 2.24) is 10.3 Å². The summed E-state index contributed by atoms with van der Waals surface area (Å²) in [6.07, 6.45) is 3.09. The number of carbonyl (C=O) groups is 1. The molecule has 0 aliphatic rings. The predicted molar refractivity (Wildman–Crippen MR) is 80.4 cm³/mol. The first kappa shape index (κ1) is 16.2. The second kappa shape index (κ2) is 7.68. The third-order valence-electron chi connectivity index (χ3n) is 2.47. The molecule has 0 saturated carbocycles. The molecular formula is C12H18N4O3S. The molecule has 0 spiro atoms. The van der Waals surface area contributed by atoms with Crippen molar-refractivity contribution >= 4 is 29.2 Å². The smallest absolute Gasteiger partial charge is 0.288 e. The summed E-state index contributed by atoms with van der Waals surface area (Å²) in [7, 11) is 0. The molecule has 0 fully saturated rings. The van der Waals surface area contributed by atoms with Crippen LogP contribution in [0.1, 0.15) is 24.2 Å². The lowest BCUT2D eigenvalue weighted by atomic mass is 10.2. The van der Waals surface area contributed by atoms with Crippen LogP contribution in [0, 0.1) is 10.1 Å². The monoisotopic (exact) mass is 298 g/mol. The average Bonchev–Trinajstić information content (AvgIpc) is 2.39. The van der Waals surface area contributed by atoms with Crippen LogP contribution in [0.5, 0.6) is 0 Å². The van der Waals surface area contributed by atoms with E-state index in [2.05, 4.69) is 15.6 Å². The molecule has 1 aromatic rings. The van der Waals surface area contributed by atoms with E-state index in [1.807, 2.05) is 20.1 Å². The van der Waals surface area contributed by atoms with E-state index in [1.54, 1.807) is 11.8 Å². The normalized spacial score (nSPS) is 11.8. The zero-order valence-corrected chi connectivity index (χ0v) is 12.5. The fraction of sp³-hybridized carbons (Fsp3) is 0.500. The highest BCUT2D eigenvalue weighted by atomic mass is 32.2. The third-order valence-corrected chi connectivity index (χ3v) is 3.30. The predicted octanol–water partition coefficient (Wildman–Crippen LogP) is 1.90. The Balaban J connectivity index is 3.02. The quantitative estimate of drug-likeness (QED) is 0.589. The molecule has 1 atom stereocenters. The number of amides is 1. The van der Waals surface area contributed by atoms with Crippen molar-refractivity contribution in [2.45, 2.75) is 19.9 Å². The molecule has 0 saturated heterocycles. The number of rotatable bonds is 7. The Morgan fingerprint density at radius 1 is 1.60 bits per heavy atom. The van der Waals surface area contributed by atoms with Gasteiger partial charge >= 0.3 is 0 Å². The van der Waals surface area contributed by atoms with Gasteiger partial charge in [-0.25, -0.2) is 4.98 Å². The van der Waals surface area contributed by atoms with Gasteiger partial charge in [0, 0.05) is 24.4 Å². The molecule has 1 amide bonds. The second-order valence-corrected chi connectivity index (χ2v) is 5.12. The maximum Gasteiger partial charge on any atom is 0.288 e. The van der Waals surface area contributed by atoms with Gasteiger partial charge in [-0.05, 0) is 20.1 Å². The summed E-state index contributed by atoms with van der Waals surface area (Å²) in [4.78, 5) is 26.3. The van der Waals surface area contributed by atoms with Crippen LogP contribution in [-0.4, -0.2) is 40.4 Å². The van der Waals surface area contributed by atoms with Gasteiger partial charge in [-0.2, -0.15) is 11.8 Å². The first-order valence-corrected chi connectivity index (χ1v) is 7.57. The average molecular weight is 298 g/mol. The minimum atomic E-state index is -0.565. The zero-order valence-electron chi connectivity index (χ0n) is 11.7. The first-order chi connectivity index (χ1) is 9.49. The lowest BCUT2D eigenvalue weighted by molar-refractivity contribution is -0.385. The topological polar surface area (TPSA) is 97.2 Å². The Labute approximate surface area is 121 Å². The van der Waals surface area contributed by atoms with Crippen LogP contribution >= 0.6 is 11.8 Å². The molecule has 1 heterocycles. The number of pyridine rings is 1. The lowest BCUT2D eigenvalue weighted by Gasteiger charge is -2.14. The van der Waals surface area contributed by atoms with Gasteiger partial charge in [-0.3, -0.25) is 14.9 Å². The van der Waals surface area contributed by atoms with E-state index in [0.717, 1.165) is 11.9 Å². The van der Waals surface area contributed by atoms with E-state index in [4.69, 9.17) is 0 Å². The number of hydrogen-bond donors (Lipinski definition) is 2. The summed E-state index contributed by atoms with van der Waals surface area (Å²) >= 11 is 1.62. The lowest BCUT2D eigenvalue weighted by Crippen LogP contribution is -2.34. The molecule has 0 aliphatic heterocycles. The molecule has 7 nitrogen and oxygen atoms in total. The van der Waals surface area contributed by atoms with Crippen molar-refractivity contribution in [2.75, 3.05) is 23.9 Å². The molecule has 1 rings (SSSR count). The standard InChI is InChI=1S/C12H18N4O3S/c1-4-13-11-10(5-9(6-14-11)16(18)19)12(17)15-8(2)7-20-3/h5-6,8H,4,7H2,1-3H3,(H,13,14)(H,15,17). The molecule has 2 N–H and O–H groups in total. The molecular weight excluding hydrogens is 280 g/mol. The Kier molecular flexibility index (Phi) is 6.23. The summed E-state index contributed by atoms with van der Waals surface area (Å²) in [5.41, 5.74) is -0.0108. The number of nitrogens with zero attached hydrogens (tertiary/aromatic N) is 2. The van der Waals surface area contributed by atoms with Crippen molar-refractivity contribution in [1.29, 1.82) is 0 Å². The number of hydrogen-bond acceptors (Lipinski definition) is 6. The van der Waals surface area contributed by atoms with Crippen molar-refractivity contribution in [3.63, 3.8) is 0 Å². The number of thioether (sulfide) groups is 1. The number of nitrogens with one attached hydrogen (secondary N) is 2. The van der Waals surface area contributed by atoms with Crippen molar-refractivity contribution < 1.29 is 9.72 Å². The minimum Gasteiger partial charge on any atom is -0.370 e. The molecule has 0 aliphatic carbocycles. The van der Waals surface area contributed by atoms with Gasteiger partial charge in [-0.15, -0.1) is 0 Å². The summed E-state index contributed by atoms with van der Waals surface area (Å²) < 4.78 is 0. The van der Waals surface area contributed by atoms with Crippen LogP contribution in [0.4, 0.5) is 11.5 Å². The Hall–Kier alpha value is -1.83. The Morgan fingerprint density at radius 2 is 2.30 bits per heavy atom. The van der Waals surface area contributed by atoms with Crippen molar-refractivity contribution in [2.24, 2.45) is 0 Å². The molecule has 20 heavy (non-hydrogen) atoms. The van der Waals surface area contributed by atoms with Crippen LogP contribution in [0.25, 0.3) is 0 Å². The van der Waals surface area contributed by atoms with E-state index in [9.17, 15) is 14.9 Å². The van der Waals surface area contributed by atoms with Crippen molar-refractivity contribution in [3.8, 4) is 0 Å². The van der Waals surface area contributed by atoms with Crippen LogP contribution in [0.2, 0.25) is 0 Å². The van der Waals surface area contributed by atoms with E-state index in [0.29, 0.717) is 12.4 Å². The summed E-state index contributed by atoms with van der Waals surface area (Å²) in [5.74, 6) is 0.760. The van der Waals surface area contributed by atoms with Crippen LogP contribution in [0.3, 0.4) is 0 Å². The second-order valence-electron chi connectivity index (χ2n) is 4.21. The van der Waals surface area contributed by atoms with Gasteiger partial charge in [0.1, 0.15) is 12.0 Å². The van der Waals surface area contributed by atoms with E-state index < -0.39 is 4.92 Å². The van der Waals surface area contributed by atoms with Crippen LogP contribution in [0.15, 0.2) is 12.3 Å². The molecule has 0 aromatic carbocycles. The molecule has 8 heteroatoms. The van der Waals surface area contributed by atoms with Gasteiger partial charge in [0.2, 0.25) is 0 Å². The SMILES string of the molecule is CCNc1ncc([N+](=O)[O-])cc1C(=O)NC(C)CSC. The summed E-state index contributed by atoms with van der Waals surface area (Å²) in [6.45, 7) is 4.32. The Morgan fingerprint density at radius 3 is 2.85 bits per heavy atom. The molecule has 1 aromatic heterocycles. The largest absolute Gasteiger partial charge is 0.370 e. The highest BCUT2D eigenvalue weighted by molar-refractivity contribution is 7.98. The maximum absolute atomic E-state index is 12.2. The zero-order chi connectivity index (χ0) is 15.1. The van der Waals surface area contributed by atoms with Gasteiger partial charge in [0.25, 0.3) is 11.6 Å². The van der Waals surface area contributed by atoms with Gasteiger partial charge < -0.3 is 10.6 Å². The Bertz CT molecular complexity index is 496. The number of aromatic nitrogens is 1. The van der Waals surface area contributed by atoms with Crippen molar-refractivity contribution in [3.05, 3.63) is 27.9 Å². The van der Waals surface area contributed by atoms with E-state index >= 15 is 0 Å².